The number of alkyl halides is 2. The van der Waals surface area contributed by atoms with E-state index in [-0.39, 0.29) is 18.4 Å². The number of ether oxygens (including phenoxy) is 1. The minimum absolute atomic E-state index is 0.0110. The third kappa shape index (κ3) is 6.96. The monoisotopic (exact) mass is 529 g/mol. The van der Waals surface area contributed by atoms with Gasteiger partial charge in [0.25, 0.3) is 0 Å². The van der Waals surface area contributed by atoms with Crippen molar-refractivity contribution in [2.24, 2.45) is 5.41 Å². The number of halogens is 2. The molecule has 1 aromatic carbocycles. The summed E-state index contributed by atoms with van der Waals surface area (Å²) < 4.78 is 34.9. The fourth-order valence-electron chi connectivity index (χ4n) is 5.21. The summed E-state index contributed by atoms with van der Waals surface area (Å²) in [5, 5.41) is 11.2. The van der Waals surface area contributed by atoms with Gasteiger partial charge in [0.05, 0.1) is 24.1 Å². The van der Waals surface area contributed by atoms with Crippen molar-refractivity contribution in [3.8, 4) is 5.75 Å². The number of aromatic nitrogens is 2. The van der Waals surface area contributed by atoms with Gasteiger partial charge in [-0.3, -0.25) is 9.78 Å². The summed E-state index contributed by atoms with van der Waals surface area (Å²) in [7, 11) is 1.53. The number of methoxy groups -OCH3 is 1. The Hall–Kier alpha value is -2.78. The van der Waals surface area contributed by atoms with Crippen molar-refractivity contribution in [1.82, 2.24) is 14.9 Å². The molecule has 1 aliphatic heterocycles. The summed E-state index contributed by atoms with van der Waals surface area (Å²) in [4.78, 5) is 22.7. The van der Waals surface area contributed by atoms with Crippen LogP contribution in [-0.2, 0) is 11.5 Å². The molecular weight excluding hydrogens is 496 g/mol. The quantitative estimate of drug-likeness (QED) is 0.278. The minimum Gasteiger partial charge on any atom is -0.497 e. The van der Waals surface area contributed by atoms with Crippen molar-refractivity contribution in [2.75, 3.05) is 32.5 Å². The Labute approximate surface area is 220 Å². The molecule has 0 radical (unpaired) electrons. The highest BCUT2D eigenvalue weighted by molar-refractivity contribution is 7.99. The average molecular weight is 530 g/mol. The molecule has 2 aromatic heterocycles. The third-order valence-corrected chi connectivity index (χ3v) is 8.25. The Morgan fingerprint density at radius 2 is 2.05 bits per heavy atom. The van der Waals surface area contributed by atoms with Gasteiger partial charge < -0.3 is 14.7 Å². The number of hydrogen-bond acceptors (Lipinski definition) is 6. The van der Waals surface area contributed by atoms with Gasteiger partial charge in [-0.2, -0.15) is 0 Å². The number of benzene rings is 1. The number of rotatable bonds is 12. The highest BCUT2D eigenvalue weighted by Crippen LogP contribution is 2.43. The van der Waals surface area contributed by atoms with E-state index < -0.39 is 24.2 Å². The lowest BCUT2D eigenvalue weighted by molar-refractivity contribution is -0.141. The molecule has 37 heavy (non-hydrogen) atoms. The molecular formula is C28H33F2N3O3S. The van der Waals surface area contributed by atoms with Crippen LogP contribution in [0.2, 0.25) is 0 Å². The molecule has 0 aliphatic carbocycles. The SMILES string of the molecule is COc1ccc2ncc(CF)c([C@H](F)CCC3(CC(=O)O)CCN(CCSc4ccccn4)CC3)c2c1. The van der Waals surface area contributed by atoms with E-state index in [0.717, 1.165) is 30.4 Å². The molecule has 1 fully saturated rings. The summed E-state index contributed by atoms with van der Waals surface area (Å²) in [6.45, 7) is 1.62. The zero-order chi connectivity index (χ0) is 26.3. The van der Waals surface area contributed by atoms with Crippen LogP contribution in [0.4, 0.5) is 8.78 Å². The second-order valence-electron chi connectivity index (χ2n) is 9.65. The van der Waals surface area contributed by atoms with Crippen LogP contribution in [0, 0.1) is 5.41 Å². The van der Waals surface area contributed by atoms with Gasteiger partial charge >= 0.3 is 5.97 Å². The molecule has 0 amide bonds. The van der Waals surface area contributed by atoms with Crippen molar-refractivity contribution < 1.29 is 23.4 Å². The maximum atomic E-state index is 15.8. The number of carbonyl (C=O) groups is 1. The Morgan fingerprint density at radius 3 is 2.73 bits per heavy atom. The molecule has 1 saturated heterocycles. The molecule has 3 aromatic rings. The normalized spacial score (nSPS) is 16.5. The van der Waals surface area contributed by atoms with E-state index in [0.29, 0.717) is 41.5 Å². The van der Waals surface area contributed by atoms with Crippen LogP contribution in [0.15, 0.2) is 53.8 Å². The second-order valence-corrected chi connectivity index (χ2v) is 10.8. The highest BCUT2D eigenvalue weighted by Gasteiger charge is 2.37. The van der Waals surface area contributed by atoms with Gasteiger partial charge in [-0.05, 0) is 74.5 Å². The fourth-order valence-corrected chi connectivity index (χ4v) is 6.08. The molecule has 3 heterocycles. The van der Waals surface area contributed by atoms with Crippen LogP contribution in [-0.4, -0.2) is 58.4 Å². The van der Waals surface area contributed by atoms with Crippen LogP contribution < -0.4 is 4.74 Å². The molecule has 1 aliphatic rings. The van der Waals surface area contributed by atoms with Crippen LogP contribution in [0.25, 0.3) is 10.9 Å². The molecule has 6 nitrogen and oxygen atoms in total. The molecule has 0 saturated carbocycles. The van der Waals surface area contributed by atoms with E-state index in [1.807, 2.05) is 18.2 Å². The van der Waals surface area contributed by atoms with Crippen LogP contribution in [0.5, 0.6) is 5.75 Å². The van der Waals surface area contributed by atoms with Gasteiger partial charge in [-0.15, -0.1) is 11.8 Å². The molecule has 0 spiro atoms. The van der Waals surface area contributed by atoms with E-state index >= 15 is 4.39 Å². The summed E-state index contributed by atoms with van der Waals surface area (Å²) in [6, 6.07) is 11.0. The second kappa shape index (κ2) is 12.6. The first-order valence-corrected chi connectivity index (χ1v) is 13.5. The third-order valence-electron chi connectivity index (χ3n) is 7.32. The van der Waals surface area contributed by atoms with Gasteiger partial charge in [-0.1, -0.05) is 6.07 Å². The summed E-state index contributed by atoms with van der Waals surface area (Å²) in [6.07, 6.45) is 3.71. The van der Waals surface area contributed by atoms with E-state index in [4.69, 9.17) is 4.74 Å². The molecule has 0 unspecified atom stereocenters. The summed E-state index contributed by atoms with van der Waals surface area (Å²) in [5.41, 5.74) is 0.617. The first-order chi connectivity index (χ1) is 17.9. The van der Waals surface area contributed by atoms with Crippen molar-refractivity contribution >= 4 is 28.6 Å². The van der Waals surface area contributed by atoms with E-state index in [1.165, 1.54) is 13.3 Å². The number of piperidine rings is 1. The zero-order valence-corrected chi connectivity index (χ0v) is 21.9. The standard InChI is InChI=1S/C28H33F2N3O3S/c1-36-21-5-6-24-22(16-21)27(20(18-29)19-32-24)23(30)7-8-28(17-26(34)35)9-12-33(13-10-28)14-15-37-25-4-2-3-11-31-25/h2-6,11,16,19,23H,7-10,12-15,17-18H2,1H3,(H,34,35)/t23-/m1/s1. The molecule has 4 rings (SSSR count). The van der Waals surface area contributed by atoms with Crippen LogP contribution in [0.1, 0.15) is 49.4 Å². The molecule has 0 bridgehead atoms. The van der Waals surface area contributed by atoms with Gasteiger partial charge in [0, 0.05) is 41.2 Å². The lowest BCUT2D eigenvalue weighted by Gasteiger charge is -2.41. The van der Waals surface area contributed by atoms with Gasteiger partial charge in [-0.25, -0.2) is 13.8 Å². The first-order valence-electron chi connectivity index (χ1n) is 12.6. The van der Waals surface area contributed by atoms with Crippen molar-refractivity contribution in [1.29, 1.82) is 0 Å². The predicted molar refractivity (Wildman–Crippen MR) is 142 cm³/mol. The van der Waals surface area contributed by atoms with Crippen molar-refractivity contribution in [2.45, 2.75) is 50.0 Å². The maximum absolute atomic E-state index is 15.8. The van der Waals surface area contributed by atoms with Crippen molar-refractivity contribution in [3.63, 3.8) is 0 Å². The molecule has 198 valence electrons. The number of carboxylic acid groups (broad SMARTS) is 1. The smallest absolute Gasteiger partial charge is 0.303 e. The number of pyridine rings is 2. The van der Waals surface area contributed by atoms with Crippen LogP contribution in [0.3, 0.4) is 0 Å². The largest absolute Gasteiger partial charge is 0.497 e. The highest BCUT2D eigenvalue weighted by atomic mass is 32.2. The molecule has 1 atom stereocenters. The van der Waals surface area contributed by atoms with E-state index in [1.54, 1.807) is 36.2 Å². The number of nitrogens with zero attached hydrogens (tertiary/aromatic N) is 3. The molecule has 1 N–H and O–H groups in total. The number of aliphatic carboxylic acids is 1. The maximum Gasteiger partial charge on any atom is 0.303 e. The van der Waals surface area contributed by atoms with Crippen LogP contribution >= 0.6 is 11.8 Å². The van der Waals surface area contributed by atoms with Crippen molar-refractivity contribution in [3.05, 3.63) is 59.9 Å². The summed E-state index contributed by atoms with van der Waals surface area (Å²) >= 11 is 1.70. The first kappa shape index (κ1) is 27.3. The van der Waals surface area contributed by atoms with E-state index in [2.05, 4.69) is 14.9 Å². The zero-order valence-electron chi connectivity index (χ0n) is 21.0. The Kier molecular flexibility index (Phi) is 9.32. The Balaban J connectivity index is 1.42. The number of likely N-dealkylation sites (tertiary alicyclic amines) is 1. The number of fused-ring (bicyclic) bond motifs is 1. The summed E-state index contributed by atoms with van der Waals surface area (Å²) in [5.74, 6) is 0.591. The topological polar surface area (TPSA) is 75.6 Å². The fraction of sp³-hybridized carbons (Fsp3) is 0.464. The Morgan fingerprint density at radius 1 is 1.24 bits per heavy atom. The average Bonchev–Trinajstić information content (AvgIpc) is 2.92. The lowest BCUT2D eigenvalue weighted by Crippen LogP contribution is -2.42. The Bertz CT molecular complexity index is 1180. The van der Waals surface area contributed by atoms with Gasteiger partial charge in [0.15, 0.2) is 0 Å². The van der Waals surface area contributed by atoms with Gasteiger partial charge in [0.1, 0.15) is 18.6 Å². The minimum atomic E-state index is -1.43. The lowest BCUT2D eigenvalue weighted by atomic mass is 9.71. The number of hydrogen-bond donors (Lipinski definition) is 1. The molecule has 9 heteroatoms. The number of carboxylic acids is 1. The van der Waals surface area contributed by atoms with Gasteiger partial charge in [0.2, 0.25) is 0 Å². The predicted octanol–water partition coefficient (Wildman–Crippen LogP) is 6.25. The number of thioether (sulfide) groups is 1. The van der Waals surface area contributed by atoms with E-state index in [9.17, 15) is 14.3 Å².